The molecule has 0 spiro atoms. The van der Waals surface area contributed by atoms with Gasteiger partial charge in [-0.15, -0.1) is 0 Å². The highest BCUT2D eigenvalue weighted by Gasteiger charge is 2.36. The van der Waals surface area contributed by atoms with E-state index in [-0.39, 0.29) is 11.7 Å². The molecule has 0 unspecified atom stereocenters. The van der Waals surface area contributed by atoms with E-state index in [2.05, 4.69) is 15.4 Å². The summed E-state index contributed by atoms with van der Waals surface area (Å²) in [5, 5.41) is 0. The maximum Gasteiger partial charge on any atom is 0.451 e. The summed E-state index contributed by atoms with van der Waals surface area (Å²) in [6, 6.07) is 1.21. The molecule has 18 heavy (non-hydrogen) atoms. The Morgan fingerprint density at radius 1 is 1.33 bits per heavy atom. The highest BCUT2D eigenvalue weighted by molar-refractivity contribution is 5.37. The first kappa shape index (κ1) is 14.5. The van der Waals surface area contributed by atoms with Crippen molar-refractivity contribution >= 4 is 5.82 Å². The molecule has 0 saturated heterocycles. The van der Waals surface area contributed by atoms with Crippen LogP contribution in [0.4, 0.5) is 19.0 Å². The molecule has 0 saturated carbocycles. The van der Waals surface area contributed by atoms with Gasteiger partial charge in [-0.1, -0.05) is 6.92 Å². The van der Waals surface area contributed by atoms with Gasteiger partial charge in [0, 0.05) is 6.07 Å². The Labute approximate surface area is 103 Å². The Bertz CT molecular complexity index is 420. The molecule has 1 rings (SSSR count). The van der Waals surface area contributed by atoms with E-state index >= 15 is 0 Å². The number of nitrogens with one attached hydrogen (secondary N) is 1. The standard InChI is InChI=1S/C10H15F3N4O/c1-4-9(2,3)18-7-5-6(17-14)15-8(16-7)10(11,12)13/h5H,4,14H2,1-3H3,(H,15,16,17). The van der Waals surface area contributed by atoms with E-state index in [1.54, 1.807) is 13.8 Å². The molecule has 0 aliphatic heterocycles. The minimum atomic E-state index is -4.65. The van der Waals surface area contributed by atoms with Crippen LogP contribution in [0, 0.1) is 0 Å². The van der Waals surface area contributed by atoms with Gasteiger partial charge in [-0.05, 0) is 20.3 Å². The zero-order valence-corrected chi connectivity index (χ0v) is 10.3. The summed E-state index contributed by atoms with van der Waals surface area (Å²) < 4.78 is 43.0. The maximum atomic E-state index is 12.5. The summed E-state index contributed by atoms with van der Waals surface area (Å²) in [7, 11) is 0. The molecule has 0 fully saturated rings. The van der Waals surface area contributed by atoms with Gasteiger partial charge in [-0.25, -0.2) is 10.8 Å². The summed E-state index contributed by atoms with van der Waals surface area (Å²) in [4.78, 5) is 6.56. The lowest BCUT2D eigenvalue weighted by Gasteiger charge is -2.24. The lowest BCUT2D eigenvalue weighted by molar-refractivity contribution is -0.145. The SMILES string of the molecule is CCC(C)(C)Oc1cc(NN)nc(C(F)(F)F)n1. The highest BCUT2D eigenvalue weighted by atomic mass is 19.4. The number of alkyl halides is 3. The average Bonchev–Trinajstić information content (AvgIpc) is 2.27. The van der Waals surface area contributed by atoms with Crippen molar-refractivity contribution in [2.75, 3.05) is 5.43 Å². The Hall–Kier alpha value is -1.57. The van der Waals surface area contributed by atoms with Crippen molar-refractivity contribution in [1.82, 2.24) is 9.97 Å². The summed E-state index contributed by atoms with van der Waals surface area (Å²) in [5.41, 5.74) is 1.43. The number of rotatable bonds is 4. The number of nitrogen functional groups attached to an aromatic ring is 1. The summed E-state index contributed by atoms with van der Waals surface area (Å²) >= 11 is 0. The molecule has 0 radical (unpaired) electrons. The van der Waals surface area contributed by atoms with E-state index in [0.29, 0.717) is 6.42 Å². The van der Waals surface area contributed by atoms with Crippen LogP contribution in [0.1, 0.15) is 33.0 Å². The van der Waals surface area contributed by atoms with E-state index in [4.69, 9.17) is 10.6 Å². The third-order valence-corrected chi connectivity index (χ3v) is 2.34. The van der Waals surface area contributed by atoms with Crippen molar-refractivity contribution in [2.45, 2.75) is 39.0 Å². The minimum absolute atomic E-state index is 0.153. The molecule has 1 heterocycles. The first-order chi connectivity index (χ1) is 8.18. The first-order valence-corrected chi connectivity index (χ1v) is 5.30. The Morgan fingerprint density at radius 2 is 1.94 bits per heavy atom. The van der Waals surface area contributed by atoms with Crippen molar-refractivity contribution in [2.24, 2.45) is 5.84 Å². The normalized spacial score (nSPS) is 12.4. The van der Waals surface area contributed by atoms with E-state index in [9.17, 15) is 13.2 Å². The van der Waals surface area contributed by atoms with E-state index < -0.39 is 17.6 Å². The van der Waals surface area contributed by atoms with E-state index in [1.807, 2.05) is 6.92 Å². The number of halogens is 3. The Morgan fingerprint density at radius 3 is 2.39 bits per heavy atom. The van der Waals surface area contributed by atoms with Crippen molar-refractivity contribution in [3.8, 4) is 5.88 Å². The van der Waals surface area contributed by atoms with Crippen LogP contribution in [0.5, 0.6) is 5.88 Å². The Kier molecular flexibility index (Phi) is 4.00. The molecule has 0 atom stereocenters. The fraction of sp³-hybridized carbons (Fsp3) is 0.600. The molecule has 0 amide bonds. The van der Waals surface area contributed by atoms with Crippen LogP contribution in [-0.4, -0.2) is 15.6 Å². The second-order valence-electron chi connectivity index (χ2n) is 4.27. The molecule has 0 aliphatic rings. The number of hydrogen-bond acceptors (Lipinski definition) is 5. The second-order valence-corrected chi connectivity index (χ2v) is 4.27. The highest BCUT2D eigenvalue weighted by Crippen LogP contribution is 2.30. The summed E-state index contributed by atoms with van der Waals surface area (Å²) in [5.74, 6) is 3.45. The largest absolute Gasteiger partial charge is 0.472 e. The fourth-order valence-electron chi connectivity index (χ4n) is 1.03. The number of aromatic nitrogens is 2. The summed E-state index contributed by atoms with van der Waals surface area (Å²) in [6.07, 6.45) is -4.04. The molecule has 102 valence electrons. The van der Waals surface area contributed by atoms with Crippen molar-refractivity contribution < 1.29 is 17.9 Å². The molecule has 8 heteroatoms. The maximum absolute atomic E-state index is 12.5. The number of ether oxygens (including phenoxy) is 1. The van der Waals surface area contributed by atoms with Crippen molar-refractivity contribution in [3.63, 3.8) is 0 Å². The molecule has 0 bridgehead atoms. The quantitative estimate of drug-likeness (QED) is 0.645. The van der Waals surface area contributed by atoms with Gasteiger partial charge < -0.3 is 10.2 Å². The number of anilines is 1. The van der Waals surface area contributed by atoms with Gasteiger partial charge in [-0.2, -0.15) is 18.2 Å². The zero-order chi connectivity index (χ0) is 14.0. The molecule has 0 aromatic carbocycles. The molecular formula is C10H15F3N4O. The third-order valence-electron chi connectivity index (χ3n) is 2.34. The van der Waals surface area contributed by atoms with E-state index in [1.165, 1.54) is 6.07 Å². The number of hydrogen-bond donors (Lipinski definition) is 2. The summed E-state index contributed by atoms with van der Waals surface area (Å²) in [6.45, 7) is 5.35. The third kappa shape index (κ3) is 3.73. The number of hydrazine groups is 1. The van der Waals surface area contributed by atoms with Crippen LogP contribution in [-0.2, 0) is 6.18 Å². The van der Waals surface area contributed by atoms with Crippen LogP contribution in [0.15, 0.2) is 6.07 Å². The van der Waals surface area contributed by atoms with Crippen LogP contribution >= 0.6 is 0 Å². The second kappa shape index (κ2) is 4.97. The van der Waals surface area contributed by atoms with Crippen LogP contribution in [0.2, 0.25) is 0 Å². The van der Waals surface area contributed by atoms with Crippen LogP contribution < -0.4 is 16.0 Å². The predicted molar refractivity (Wildman–Crippen MR) is 59.8 cm³/mol. The van der Waals surface area contributed by atoms with E-state index in [0.717, 1.165) is 0 Å². The Balaban J connectivity index is 3.13. The molecular weight excluding hydrogens is 249 g/mol. The fourth-order valence-corrected chi connectivity index (χ4v) is 1.03. The lowest BCUT2D eigenvalue weighted by atomic mass is 10.1. The van der Waals surface area contributed by atoms with Gasteiger partial charge in [-0.3, -0.25) is 0 Å². The molecule has 3 N–H and O–H groups in total. The van der Waals surface area contributed by atoms with Gasteiger partial charge in [0.15, 0.2) is 0 Å². The van der Waals surface area contributed by atoms with Crippen molar-refractivity contribution in [3.05, 3.63) is 11.9 Å². The topological polar surface area (TPSA) is 73.1 Å². The molecule has 0 aliphatic carbocycles. The number of nitrogens with two attached hydrogens (primary N) is 1. The van der Waals surface area contributed by atoms with Gasteiger partial charge in [0.05, 0.1) is 0 Å². The minimum Gasteiger partial charge on any atom is -0.472 e. The molecule has 5 nitrogen and oxygen atoms in total. The van der Waals surface area contributed by atoms with Crippen LogP contribution in [0.25, 0.3) is 0 Å². The average molecular weight is 264 g/mol. The smallest absolute Gasteiger partial charge is 0.451 e. The first-order valence-electron chi connectivity index (χ1n) is 5.30. The van der Waals surface area contributed by atoms with Crippen molar-refractivity contribution in [1.29, 1.82) is 0 Å². The molecule has 1 aromatic heterocycles. The lowest BCUT2D eigenvalue weighted by Crippen LogP contribution is -2.28. The van der Waals surface area contributed by atoms with Gasteiger partial charge >= 0.3 is 6.18 Å². The predicted octanol–water partition coefficient (Wildman–Crippen LogP) is 2.35. The van der Waals surface area contributed by atoms with Gasteiger partial charge in [0.1, 0.15) is 11.4 Å². The zero-order valence-electron chi connectivity index (χ0n) is 10.3. The van der Waals surface area contributed by atoms with Gasteiger partial charge in [0.25, 0.3) is 0 Å². The van der Waals surface area contributed by atoms with Crippen LogP contribution in [0.3, 0.4) is 0 Å². The van der Waals surface area contributed by atoms with Gasteiger partial charge in [0.2, 0.25) is 11.7 Å². The monoisotopic (exact) mass is 264 g/mol. The number of nitrogens with zero attached hydrogens (tertiary/aromatic N) is 2. The molecule has 1 aromatic rings.